The SMILES string of the molecule is CCCC1CCCC(C(C2CCCCC2)C2CCCCC2)C1C. The van der Waals surface area contributed by atoms with Gasteiger partial charge in [-0.1, -0.05) is 104 Å². The molecule has 0 aromatic rings. The topological polar surface area (TPSA) is 0 Å². The van der Waals surface area contributed by atoms with Crippen LogP contribution in [0.15, 0.2) is 0 Å². The van der Waals surface area contributed by atoms with Crippen LogP contribution in [0.1, 0.15) is 110 Å². The smallest absolute Gasteiger partial charge is 0.0326 e. The molecule has 0 radical (unpaired) electrons. The molecule has 0 amide bonds. The summed E-state index contributed by atoms with van der Waals surface area (Å²) >= 11 is 0. The zero-order chi connectivity index (χ0) is 16.1. The van der Waals surface area contributed by atoms with Gasteiger partial charge in [-0.15, -0.1) is 0 Å². The van der Waals surface area contributed by atoms with Crippen molar-refractivity contribution in [3.8, 4) is 0 Å². The van der Waals surface area contributed by atoms with Crippen LogP contribution in [0, 0.1) is 35.5 Å². The van der Waals surface area contributed by atoms with E-state index < -0.39 is 0 Å². The maximum atomic E-state index is 2.66. The van der Waals surface area contributed by atoms with Crippen molar-refractivity contribution in [1.29, 1.82) is 0 Å². The van der Waals surface area contributed by atoms with Gasteiger partial charge in [-0.25, -0.2) is 0 Å². The maximum absolute atomic E-state index is 2.66. The molecule has 0 heteroatoms. The molecule has 3 atom stereocenters. The largest absolute Gasteiger partial charge is 0.0654 e. The molecule has 0 heterocycles. The zero-order valence-corrected chi connectivity index (χ0v) is 16.1. The summed E-state index contributed by atoms with van der Waals surface area (Å²) in [6.07, 6.45) is 23.0. The van der Waals surface area contributed by atoms with Gasteiger partial charge < -0.3 is 0 Å². The van der Waals surface area contributed by atoms with Crippen molar-refractivity contribution in [2.24, 2.45) is 35.5 Å². The molecular formula is C23H42. The first-order valence-corrected chi connectivity index (χ1v) is 11.3. The van der Waals surface area contributed by atoms with E-state index in [-0.39, 0.29) is 0 Å². The van der Waals surface area contributed by atoms with Crippen LogP contribution < -0.4 is 0 Å². The molecule has 0 aliphatic heterocycles. The Bertz CT molecular complexity index is 301. The van der Waals surface area contributed by atoms with E-state index in [9.17, 15) is 0 Å². The van der Waals surface area contributed by atoms with Gasteiger partial charge in [-0.2, -0.15) is 0 Å². The molecule has 0 N–H and O–H groups in total. The highest BCUT2D eigenvalue weighted by Crippen LogP contribution is 2.51. The van der Waals surface area contributed by atoms with Crippen molar-refractivity contribution in [3.63, 3.8) is 0 Å². The second kappa shape index (κ2) is 8.91. The number of rotatable bonds is 5. The molecule has 0 bridgehead atoms. The highest BCUT2D eigenvalue weighted by atomic mass is 14.5. The van der Waals surface area contributed by atoms with Crippen LogP contribution in [0.25, 0.3) is 0 Å². The van der Waals surface area contributed by atoms with Gasteiger partial charge in [0.05, 0.1) is 0 Å². The number of hydrogen-bond donors (Lipinski definition) is 0. The Morgan fingerprint density at radius 2 is 1.26 bits per heavy atom. The fourth-order valence-corrected chi connectivity index (χ4v) is 6.93. The van der Waals surface area contributed by atoms with Crippen LogP contribution in [0.4, 0.5) is 0 Å². The van der Waals surface area contributed by atoms with E-state index in [0.717, 1.165) is 35.5 Å². The molecule has 3 saturated carbocycles. The lowest BCUT2D eigenvalue weighted by Crippen LogP contribution is -2.40. The molecule has 3 unspecified atom stereocenters. The summed E-state index contributed by atoms with van der Waals surface area (Å²) < 4.78 is 0. The highest BCUT2D eigenvalue weighted by Gasteiger charge is 2.41. The van der Waals surface area contributed by atoms with Gasteiger partial charge in [0.1, 0.15) is 0 Å². The van der Waals surface area contributed by atoms with Gasteiger partial charge in [-0.3, -0.25) is 0 Å². The van der Waals surface area contributed by atoms with Gasteiger partial charge in [0.15, 0.2) is 0 Å². The van der Waals surface area contributed by atoms with E-state index in [1.165, 1.54) is 64.2 Å². The van der Waals surface area contributed by atoms with Gasteiger partial charge in [0.25, 0.3) is 0 Å². The van der Waals surface area contributed by atoms with E-state index >= 15 is 0 Å². The fraction of sp³-hybridized carbons (Fsp3) is 1.00. The second-order valence-electron chi connectivity index (χ2n) is 9.38. The quantitative estimate of drug-likeness (QED) is 0.489. The van der Waals surface area contributed by atoms with Crippen molar-refractivity contribution in [1.82, 2.24) is 0 Å². The molecular weight excluding hydrogens is 276 g/mol. The molecule has 0 nitrogen and oxygen atoms in total. The first kappa shape index (κ1) is 17.8. The Balaban J connectivity index is 1.75. The van der Waals surface area contributed by atoms with E-state index in [4.69, 9.17) is 0 Å². The first-order valence-electron chi connectivity index (χ1n) is 11.3. The molecule has 0 saturated heterocycles. The molecule has 3 rings (SSSR count). The summed E-state index contributed by atoms with van der Waals surface area (Å²) in [5.41, 5.74) is 0. The first-order chi connectivity index (χ1) is 11.3. The summed E-state index contributed by atoms with van der Waals surface area (Å²) in [6.45, 7) is 5.05. The van der Waals surface area contributed by atoms with Crippen molar-refractivity contribution in [2.75, 3.05) is 0 Å². The van der Waals surface area contributed by atoms with Crippen LogP contribution in [-0.2, 0) is 0 Å². The number of hydrogen-bond acceptors (Lipinski definition) is 0. The van der Waals surface area contributed by atoms with Gasteiger partial charge >= 0.3 is 0 Å². The third-order valence-electron chi connectivity index (χ3n) is 8.07. The van der Waals surface area contributed by atoms with E-state index in [1.807, 2.05) is 0 Å². The van der Waals surface area contributed by atoms with Crippen molar-refractivity contribution < 1.29 is 0 Å². The Kier molecular flexibility index (Phi) is 6.90. The van der Waals surface area contributed by atoms with Crippen LogP contribution in [0.2, 0.25) is 0 Å². The van der Waals surface area contributed by atoms with Crippen LogP contribution >= 0.6 is 0 Å². The summed E-state index contributed by atoms with van der Waals surface area (Å²) in [7, 11) is 0. The lowest BCUT2D eigenvalue weighted by molar-refractivity contribution is 0.0153. The van der Waals surface area contributed by atoms with Crippen molar-refractivity contribution >= 4 is 0 Å². The average molecular weight is 319 g/mol. The second-order valence-corrected chi connectivity index (χ2v) is 9.38. The molecule has 3 aliphatic carbocycles. The van der Waals surface area contributed by atoms with Gasteiger partial charge in [0, 0.05) is 0 Å². The third-order valence-corrected chi connectivity index (χ3v) is 8.07. The predicted molar refractivity (Wildman–Crippen MR) is 102 cm³/mol. The summed E-state index contributed by atoms with van der Waals surface area (Å²) in [4.78, 5) is 0. The Hall–Kier alpha value is 0. The van der Waals surface area contributed by atoms with E-state index in [1.54, 1.807) is 32.1 Å². The lowest BCUT2D eigenvalue weighted by Gasteiger charge is -2.48. The molecule has 3 fully saturated rings. The lowest BCUT2D eigenvalue weighted by atomic mass is 9.57. The molecule has 0 spiro atoms. The Morgan fingerprint density at radius 3 is 1.78 bits per heavy atom. The maximum Gasteiger partial charge on any atom is -0.0326 e. The fourth-order valence-electron chi connectivity index (χ4n) is 6.93. The average Bonchev–Trinajstić information content (AvgIpc) is 2.60. The van der Waals surface area contributed by atoms with Gasteiger partial charge in [-0.05, 0) is 41.9 Å². The molecule has 134 valence electrons. The predicted octanol–water partition coefficient (Wildman–Crippen LogP) is 7.62. The van der Waals surface area contributed by atoms with E-state index in [2.05, 4.69) is 13.8 Å². The van der Waals surface area contributed by atoms with Crippen LogP contribution in [0.5, 0.6) is 0 Å². The third kappa shape index (κ3) is 4.35. The molecule has 23 heavy (non-hydrogen) atoms. The minimum Gasteiger partial charge on any atom is -0.0654 e. The Morgan fingerprint density at radius 1 is 0.696 bits per heavy atom. The van der Waals surface area contributed by atoms with Gasteiger partial charge in [0.2, 0.25) is 0 Å². The van der Waals surface area contributed by atoms with Crippen molar-refractivity contribution in [2.45, 2.75) is 110 Å². The zero-order valence-electron chi connectivity index (χ0n) is 16.1. The van der Waals surface area contributed by atoms with Crippen LogP contribution in [-0.4, -0.2) is 0 Å². The normalized spacial score (nSPS) is 34.8. The molecule has 3 aliphatic rings. The summed E-state index contributed by atoms with van der Waals surface area (Å²) in [6, 6.07) is 0. The minimum atomic E-state index is 1.01. The monoisotopic (exact) mass is 318 g/mol. The van der Waals surface area contributed by atoms with E-state index in [0.29, 0.717) is 0 Å². The standard InChI is InChI=1S/C23H42/c1-3-11-19-16-10-17-22(18(19)2)23(20-12-6-4-7-13-20)21-14-8-5-9-15-21/h18-23H,3-17H2,1-2H3. The Labute approximate surface area is 146 Å². The minimum absolute atomic E-state index is 1.01. The van der Waals surface area contributed by atoms with Crippen molar-refractivity contribution in [3.05, 3.63) is 0 Å². The summed E-state index contributed by atoms with van der Waals surface area (Å²) in [5.74, 6) is 6.43. The summed E-state index contributed by atoms with van der Waals surface area (Å²) in [5, 5.41) is 0. The molecule has 0 aromatic heterocycles. The van der Waals surface area contributed by atoms with Crippen LogP contribution in [0.3, 0.4) is 0 Å². The molecule has 0 aromatic carbocycles. The highest BCUT2D eigenvalue weighted by molar-refractivity contribution is 4.91.